The Morgan fingerprint density at radius 1 is 1.38 bits per heavy atom. The van der Waals surface area contributed by atoms with Crippen LogP contribution in [0.2, 0.25) is 5.02 Å². The molecule has 1 saturated heterocycles. The van der Waals surface area contributed by atoms with Crippen LogP contribution < -0.4 is 5.32 Å². The van der Waals surface area contributed by atoms with Gasteiger partial charge in [0.15, 0.2) is 10.0 Å². The lowest BCUT2D eigenvalue weighted by Crippen LogP contribution is -2.56. The molecule has 5 rings (SSSR count). The number of aromatic amines is 1. The smallest absolute Gasteiger partial charge is 0.283 e. The van der Waals surface area contributed by atoms with Crippen LogP contribution in [0, 0.1) is 11.3 Å². The van der Waals surface area contributed by atoms with Crippen molar-refractivity contribution in [3.63, 3.8) is 0 Å². The molecule has 1 amide bonds. The molecule has 196 valence electrons. The van der Waals surface area contributed by atoms with Crippen LogP contribution in [-0.2, 0) is 29.6 Å². The van der Waals surface area contributed by atoms with Gasteiger partial charge in [0, 0.05) is 77.5 Å². The van der Waals surface area contributed by atoms with Crippen LogP contribution in [-0.4, -0.2) is 70.3 Å². The maximum atomic E-state index is 13.7. The molecule has 0 radical (unpaired) electrons. The summed E-state index contributed by atoms with van der Waals surface area (Å²) in [5.41, 5.74) is 1.74. The van der Waals surface area contributed by atoms with Crippen LogP contribution in [0.25, 0.3) is 10.9 Å². The molecule has 13 heteroatoms. The van der Waals surface area contributed by atoms with Gasteiger partial charge in [-0.25, -0.2) is 13.4 Å². The van der Waals surface area contributed by atoms with Crippen molar-refractivity contribution in [1.82, 2.24) is 24.5 Å². The Bertz CT molecular complexity index is 1490. The Kier molecular flexibility index (Phi) is 7.28. The molecule has 1 fully saturated rings. The van der Waals surface area contributed by atoms with Gasteiger partial charge in [-0.15, -0.1) is 11.3 Å². The SMILES string of the molecule is CC1Cc2nc(C(=O)N3CCN(S(=O)(=O)c4[nH]c5ccc(Cl)cc5c4CO)CC3CCC#N)sc2CN1. The molecule has 2 unspecified atom stereocenters. The van der Waals surface area contributed by atoms with Gasteiger partial charge >= 0.3 is 0 Å². The number of sulfonamides is 1. The first-order chi connectivity index (χ1) is 17.7. The molecule has 0 bridgehead atoms. The molecule has 0 saturated carbocycles. The first kappa shape index (κ1) is 26.1. The van der Waals surface area contributed by atoms with E-state index < -0.39 is 22.7 Å². The van der Waals surface area contributed by atoms with Crippen molar-refractivity contribution in [2.75, 3.05) is 19.6 Å². The number of rotatable bonds is 6. The molecule has 2 aromatic heterocycles. The number of amides is 1. The van der Waals surface area contributed by atoms with Crippen molar-refractivity contribution in [2.45, 2.75) is 56.4 Å². The van der Waals surface area contributed by atoms with Gasteiger partial charge in [-0.2, -0.15) is 9.57 Å². The Hall–Kier alpha value is -2.53. The number of hydrogen-bond acceptors (Lipinski definition) is 8. The number of H-pyrrole nitrogens is 1. The molecule has 2 aliphatic heterocycles. The highest BCUT2D eigenvalue weighted by Crippen LogP contribution is 2.32. The summed E-state index contributed by atoms with van der Waals surface area (Å²) in [7, 11) is -4.03. The lowest BCUT2D eigenvalue weighted by molar-refractivity contribution is 0.0552. The number of nitriles is 1. The highest BCUT2D eigenvalue weighted by atomic mass is 35.5. The van der Waals surface area contributed by atoms with Crippen LogP contribution >= 0.6 is 22.9 Å². The molecule has 0 aliphatic carbocycles. The first-order valence-electron chi connectivity index (χ1n) is 12.0. The van der Waals surface area contributed by atoms with E-state index in [9.17, 15) is 23.6 Å². The number of hydrogen-bond donors (Lipinski definition) is 3. The van der Waals surface area contributed by atoms with Gasteiger partial charge in [0.05, 0.1) is 18.4 Å². The van der Waals surface area contributed by atoms with E-state index >= 15 is 0 Å². The predicted molar refractivity (Wildman–Crippen MR) is 140 cm³/mol. The van der Waals surface area contributed by atoms with E-state index in [2.05, 4.69) is 28.3 Å². The second kappa shape index (κ2) is 10.3. The fraction of sp³-hybridized carbons (Fsp3) is 0.458. The second-order valence-electron chi connectivity index (χ2n) is 9.37. The summed E-state index contributed by atoms with van der Waals surface area (Å²) >= 11 is 7.47. The lowest BCUT2D eigenvalue weighted by atomic mass is 10.1. The molecule has 37 heavy (non-hydrogen) atoms. The number of aromatic nitrogens is 2. The van der Waals surface area contributed by atoms with E-state index in [1.807, 2.05) is 0 Å². The minimum Gasteiger partial charge on any atom is -0.392 e. The molecule has 10 nitrogen and oxygen atoms in total. The van der Waals surface area contributed by atoms with Crippen LogP contribution in [0.3, 0.4) is 0 Å². The van der Waals surface area contributed by atoms with Crippen molar-refractivity contribution in [1.29, 1.82) is 5.26 Å². The van der Waals surface area contributed by atoms with Crippen LogP contribution in [0.5, 0.6) is 0 Å². The molecule has 3 aromatic rings. The van der Waals surface area contributed by atoms with Crippen LogP contribution in [0.15, 0.2) is 23.2 Å². The average Bonchev–Trinajstić information content (AvgIpc) is 3.47. The summed E-state index contributed by atoms with van der Waals surface area (Å²) in [5, 5.41) is 23.9. The highest BCUT2D eigenvalue weighted by Gasteiger charge is 2.39. The second-order valence-corrected chi connectivity index (χ2v) is 12.8. The summed E-state index contributed by atoms with van der Waals surface area (Å²) in [6.45, 7) is 2.57. The fourth-order valence-electron chi connectivity index (χ4n) is 5.02. The number of nitrogens with zero attached hydrogens (tertiary/aromatic N) is 4. The number of carbonyl (C=O) groups is 1. The standard InChI is InChI=1S/C24H27ClN6O4S2/c1-14-9-20-21(11-27-14)36-22(28-20)24(33)31-8-7-30(12-16(31)3-2-6-26)37(34,35)23-18(13-32)17-10-15(25)4-5-19(17)29-23/h4-5,10,14,16,27,29,32H,2-3,7-9,11-13H2,1H3. The van der Waals surface area contributed by atoms with Crippen LogP contribution in [0.4, 0.5) is 0 Å². The number of thiazole rings is 1. The van der Waals surface area contributed by atoms with Gasteiger partial charge in [-0.05, 0) is 31.5 Å². The Morgan fingerprint density at radius 3 is 2.95 bits per heavy atom. The number of aliphatic hydroxyl groups excluding tert-OH is 1. The van der Waals surface area contributed by atoms with E-state index in [0.29, 0.717) is 39.9 Å². The topological polar surface area (TPSA) is 142 Å². The van der Waals surface area contributed by atoms with E-state index in [4.69, 9.17) is 11.6 Å². The van der Waals surface area contributed by atoms with E-state index in [0.717, 1.165) is 17.0 Å². The van der Waals surface area contributed by atoms with Crippen LogP contribution in [0.1, 0.15) is 45.7 Å². The van der Waals surface area contributed by atoms with Crippen molar-refractivity contribution in [3.8, 4) is 6.07 Å². The molecule has 0 spiro atoms. The number of benzene rings is 1. The zero-order valence-corrected chi connectivity index (χ0v) is 22.6. The normalized spacial score (nSPS) is 20.6. The van der Waals surface area contributed by atoms with Gasteiger partial charge < -0.3 is 20.3 Å². The summed E-state index contributed by atoms with van der Waals surface area (Å²) in [6, 6.07) is 6.85. The zero-order valence-electron chi connectivity index (χ0n) is 20.2. The number of nitrogens with one attached hydrogen (secondary N) is 2. The van der Waals surface area contributed by atoms with Gasteiger partial charge in [-0.3, -0.25) is 4.79 Å². The maximum absolute atomic E-state index is 13.7. The van der Waals surface area contributed by atoms with Gasteiger partial charge in [-0.1, -0.05) is 11.6 Å². The highest BCUT2D eigenvalue weighted by molar-refractivity contribution is 7.89. The third kappa shape index (κ3) is 4.87. The zero-order chi connectivity index (χ0) is 26.3. The third-order valence-corrected chi connectivity index (χ3v) is 10.1. The Labute approximate surface area is 223 Å². The predicted octanol–water partition coefficient (Wildman–Crippen LogP) is 2.62. The number of carbonyl (C=O) groups excluding carboxylic acids is 1. The molecule has 4 heterocycles. The molecular formula is C24H27ClN6O4S2. The summed E-state index contributed by atoms with van der Waals surface area (Å²) in [6.07, 6.45) is 1.28. The van der Waals surface area contributed by atoms with Gasteiger partial charge in [0.25, 0.3) is 15.9 Å². The molecule has 1 aromatic carbocycles. The van der Waals surface area contributed by atoms with Crippen molar-refractivity contribution in [2.24, 2.45) is 0 Å². The number of aliphatic hydroxyl groups is 1. The summed E-state index contributed by atoms with van der Waals surface area (Å²) < 4.78 is 28.8. The summed E-state index contributed by atoms with van der Waals surface area (Å²) in [5.74, 6) is -0.233. The number of halogens is 1. The number of piperazine rings is 1. The van der Waals surface area contributed by atoms with Crippen molar-refractivity contribution < 1.29 is 18.3 Å². The monoisotopic (exact) mass is 562 g/mol. The molecule has 3 N–H and O–H groups in total. The average molecular weight is 563 g/mol. The minimum absolute atomic E-state index is 0.0421. The quantitative estimate of drug-likeness (QED) is 0.419. The molecular weight excluding hydrogens is 536 g/mol. The fourth-order valence-corrected chi connectivity index (χ4v) is 7.86. The number of fused-ring (bicyclic) bond motifs is 2. The molecule has 2 aliphatic rings. The van der Waals surface area contributed by atoms with E-state index in [1.165, 1.54) is 15.6 Å². The summed E-state index contributed by atoms with van der Waals surface area (Å²) in [4.78, 5) is 23.7. The first-order valence-corrected chi connectivity index (χ1v) is 14.7. The van der Waals surface area contributed by atoms with Gasteiger partial charge in [0.2, 0.25) is 0 Å². The lowest BCUT2D eigenvalue weighted by Gasteiger charge is -2.40. The van der Waals surface area contributed by atoms with E-state index in [1.54, 1.807) is 23.1 Å². The van der Waals surface area contributed by atoms with Crippen molar-refractivity contribution in [3.05, 3.63) is 44.4 Å². The molecule has 2 atom stereocenters. The minimum atomic E-state index is -4.03. The maximum Gasteiger partial charge on any atom is 0.283 e. The third-order valence-electron chi connectivity index (χ3n) is 6.95. The van der Waals surface area contributed by atoms with Gasteiger partial charge in [0.1, 0.15) is 0 Å². The van der Waals surface area contributed by atoms with Crippen molar-refractivity contribution >= 4 is 49.8 Å². The Balaban J connectivity index is 1.42. The Morgan fingerprint density at radius 2 is 2.19 bits per heavy atom. The van der Waals surface area contributed by atoms with E-state index in [-0.39, 0.29) is 42.6 Å². The largest absolute Gasteiger partial charge is 0.392 e.